The van der Waals surface area contributed by atoms with E-state index in [1.165, 1.54) is 22.1 Å². The summed E-state index contributed by atoms with van der Waals surface area (Å²) in [5.41, 5.74) is 5.92. The van der Waals surface area contributed by atoms with Crippen LogP contribution in [0, 0.1) is 6.92 Å². The van der Waals surface area contributed by atoms with Crippen LogP contribution in [0.5, 0.6) is 0 Å². The third-order valence-corrected chi connectivity index (χ3v) is 5.74. The van der Waals surface area contributed by atoms with E-state index in [9.17, 15) is 4.79 Å². The number of ether oxygens (including phenoxy) is 1. The summed E-state index contributed by atoms with van der Waals surface area (Å²) in [6, 6.07) is 17.2. The van der Waals surface area contributed by atoms with Gasteiger partial charge in [-0.2, -0.15) is 0 Å². The van der Waals surface area contributed by atoms with Crippen LogP contribution in [0.1, 0.15) is 50.3 Å². The van der Waals surface area contributed by atoms with E-state index >= 15 is 0 Å². The highest BCUT2D eigenvalue weighted by molar-refractivity contribution is 5.92. The molecular formula is C25H30N2O2. The second-order valence-corrected chi connectivity index (χ2v) is 8.24. The predicted octanol–water partition coefficient (Wildman–Crippen LogP) is 5.62. The number of nitrogens with zero attached hydrogens (tertiary/aromatic N) is 1. The highest BCUT2D eigenvalue weighted by atomic mass is 16.5. The molecule has 1 unspecified atom stereocenters. The first kappa shape index (κ1) is 19.7. The predicted molar refractivity (Wildman–Crippen MR) is 118 cm³/mol. The molecule has 1 aliphatic heterocycles. The molecule has 2 aromatic carbocycles. The zero-order valence-corrected chi connectivity index (χ0v) is 17.6. The molecule has 1 amide bonds. The first-order valence-corrected chi connectivity index (χ1v) is 10.6. The number of likely N-dealkylation sites (tertiary alicyclic amines) is 1. The fourth-order valence-corrected chi connectivity index (χ4v) is 4.33. The number of fused-ring (bicyclic) bond motifs is 1. The normalized spacial score (nSPS) is 17.0. The van der Waals surface area contributed by atoms with E-state index in [4.69, 9.17) is 4.74 Å². The maximum Gasteiger partial charge on any atom is 0.223 e. The van der Waals surface area contributed by atoms with E-state index in [1.54, 1.807) is 0 Å². The summed E-state index contributed by atoms with van der Waals surface area (Å²) in [4.78, 5) is 18.4. The second kappa shape index (κ2) is 8.42. The Morgan fingerprint density at radius 3 is 2.66 bits per heavy atom. The van der Waals surface area contributed by atoms with Crippen molar-refractivity contribution in [2.75, 3.05) is 13.2 Å². The average molecular weight is 391 g/mol. The maximum absolute atomic E-state index is 12.7. The summed E-state index contributed by atoms with van der Waals surface area (Å²) in [7, 11) is 0. The van der Waals surface area contributed by atoms with Crippen LogP contribution in [0.4, 0.5) is 0 Å². The monoisotopic (exact) mass is 390 g/mol. The number of aromatic nitrogens is 1. The van der Waals surface area contributed by atoms with Gasteiger partial charge in [-0.15, -0.1) is 0 Å². The molecule has 1 atom stereocenters. The van der Waals surface area contributed by atoms with Crippen molar-refractivity contribution >= 4 is 16.8 Å². The second-order valence-electron chi connectivity index (χ2n) is 8.24. The molecule has 0 bridgehead atoms. The number of carbonyl (C=O) groups is 1. The number of carbonyl (C=O) groups excluding carboxylic acids is 1. The van der Waals surface area contributed by atoms with Gasteiger partial charge in [-0.1, -0.05) is 48.0 Å². The Hall–Kier alpha value is -2.59. The largest absolute Gasteiger partial charge is 0.379 e. The van der Waals surface area contributed by atoms with Crippen molar-refractivity contribution in [1.29, 1.82) is 0 Å². The van der Waals surface area contributed by atoms with Crippen LogP contribution in [0.25, 0.3) is 22.2 Å². The van der Waals surface area contributed by atoms with Crippen molar-refractivity contribution in [1.82, 2.24) is 9.88 Å². The zero-order chi connectivity index (χ0) is 20.4. The Morgan fingerprint density at radius 1 is 1.14 bits per heavy atom. The number of benzene rings is 2. The van der Waals surface area contributed by atoms with E-state index in [1.807, 2.05) is 13.8 Å². The highest BCUT2D eigenvalue weighted by Crippen LogP contribution is 2.42. The minimum Gasteiger partial charge on any atom is -0.379 e. The van der Waals surface area contributed by atoms with Gasteiger partial charge in [0, 0.05) is 36.0 Å². The number of hydrogen-bond donors (Lipinski definition) is 1. The lowest BCUT2D eigenvalue weighted by Crippen LogP contribution is -2.29. The summed E-state index contributed by atoms with van der Waals surface area (Å²) in [5.74, 6) is 0.250. The molecule has 0 spiro atoms. The van der Waals surface area contributed by atoms with Crippen molar-refractivity contribution in [2.24, 2.45) is 0 Å². The van der Waals surface area contributed by atoms with E-state index in [0.717, 1.165) is 30.6 Å². The summed E-state index contributed by atoms with van der Waals surface area (Å²) in [6.45, 7) is 7.62. The van der Waals surface area contributed by atoms with Crippen LogP contribution in [-0.4, -0.2) is 35.0 Å². The zero-order valence-electron chi connectivity index (χ0n) is 17.6. The van der Waals surface area contributed by atoms with E-state index < -0.39 is 0 Å². The molecule has 4 rings (SSSR count). The molecule has 0 radical (unpaired) electrons. The number of amides is 1. The van der Waals surface area contributed by atoms with E-state index in [0.29, 0.717) is 13.0 Å². The van der Waals surface area contributed by atoms with Crippen LogP contribution in [0.3, 0.4) is 0 Å². The summed E-state index contributed by atoms with van der Waals surface area (Å²) < 4.78 is 5.69. The fourth-order valence-electron chi connectivity index (χ4n) is 4.33. The van der Waals surface area contributed by atoms with Crippen molar-refractivity contribution < 1.29 is 9.53 Å². The molecular weight excluding hydrogens is 360 g/mol. The van der Waals surface area contributed by atoms with Crippen LogP contribution >= 0.6 is 0 Å². The Bertz CT molecular complexity index is 988. The number of rotatable bonds is 7. The molecule has 0 aliphatic carbocycles. The molecule has 1 saturated heterocycles. The van der Waals surface area contributed by atoms with Crippen LogP contribution in [0.2, 0.25) is 0 Å². The van der Waals surface area contributed by atoms with Gasteiger partial charge < -0.3 is 14.6 Å². The molecule has 4 heteroatoms. The molecule has 1 aromatic heterocycles. The minimum atomic E-state index is 0.106. The lowest BCUT2D eigenvalue weighted by atomic mass is 9.96. The summed E-state index contributed by atoms with van der Waals surface area (Å²) in [5, 5.41) is 1.21. The standard InChI is InChI=1S/C25H30N2O2/c1-17(2)29-16-6-15-27-22(13-14-23(27)28)24-20-7-4-5-8-21(20)26-25(24)19-11-9-18(3)10-12-19/h4-5,7-12,17,22,26H,6,13-16H2,1-3H3. The number of H-pyrrole nitrogens is 1. The Morgan fingerprint density at radius 2 is 1.90 bits per heavy atom. The summed E-state index contributed by atoms with van der Waals surface area (Å²) in [6.07, 6.45) is 2.57. The van der Waals surface area contributed by atoms with Crippen molar-refractivity contribution in [3.63, 3.8) is 0 Å². The van der Waals surface area contributed by atoms with Gasteiger partial charge in [0.2, 0.25) is 5.91 Å². The quantitative estimate of drug-likeness (QED) is 0.532. The van der Waals surface area contributed by atoms with Crippen LogP contribution < -0.4 is 0 Å². The topological polar surface area (TPSA) is 45.3 Å². The van der Waals surface area contributed by atoms with Gasteiger partial charge in [0.25, 0.3) is 0 Å². The Kier molecular flexibility index (Phi) is 5.72. The Labute approximate surface area is 172 Å². The average Bonchev–Trinajstić information content (AvgIpc) is 3.26. The Balaban J connectivity index is 1.70. The van der Waals surface area contributed by atoms with Gasteiger partial charge >= 0.3 is 0 Å². The minimum absolute atomic E-state index is 0.106. The van der Waals surface area contributed by atoms with Gasteiger partial charge in [0.15, 0.2) is 0 Å². The molecule has 4 nitrogen and oxygen atoms in total. The van der Waals surface area contributed by atoms with Gasteiger partial charge in [-0.25, -0.2) is 0 Å². The van der Waals surface area contributed by atoms with E-state index in [-0.39, 0.29) is 18.1 Å². The molecule has 2 heterocycles. The third kappa shape index (κ3) is 4.08. The van der Waals surface area contributed by atoms with Crippen molar-refractivity contribution in [3.8, 4) is 11.3 Å². The molecule has 3 aromatic rings. The van der Waals surface area contributed by atoms with E-state index in [2.05, 4.69) is 65.3 Å². The fraction of sp³-hybridized carbons (Fsp3) is 0.400. The SMILES string of the molecule is Cc1ccc(-c2[nH]c3ccccc3c2C2CCC(=O)N2CCCOC(C)C)cc1. The number of aromatic amines is 1. The number of nitrogens with one attached hydrogen (secondary N) is 1. The molecule has 0 saturated carbocycles. The lowest BCUT2D eigenvalue weighted by molar-refractivity contribution is -0.129. The van der Waals surface area contributed by atoms with Gasteiger partial charge in [-0.05, 0) is 45.2 Å². The molecule has 29 heavy (non-hydrogen) atoms. The highest BCUT2D eigenvalue weighted by Gasteiger charge is 2.35. The number of aryl methyl sites for hydroxylation is 1. The number of para-hydroxylation sites is 1. The van der Waals surface area contributed by atoms with Gasteiger partial charge in [-0.3, -0.25) is 4.79 Å². The molecule has 152 valence electrons. The number of hydrogen-bond acceptors (Lipinski definition) is 2. The lowest BCUT2D eigenvalue weighted by Gasteiger charge is -2.26. The van der Waals surface area contributed by atoms with Crippen molar-refractivity contribution in [3.05, 3.63) is 59.7 Å². The van der Waals surface area contributed by atoms with Crippen LogP contribution in [0.15, 0.2) is 48.5 Å². The first-order chi connectivity index (χ1) is 14.0. The van der Waals surface area contributed by atoms with Gasteiger partial charge in [0.05, 0.1) is 17.8 Å². The molecule has 1 aliphatic rings. The van der Waals surface area contributed by atoms with Crippen molar-refractivity contribution in [2.45, 2.75) is 52.2 Å². The summed E-state index contributed by atoms with van der Waals surface area (Å²) >= 11 is 0. The van der Waals surface area contributed by atoms with Gasteiger partial charge in [0.1, 0.15) is 0 Å². The molecule has 1 fully saturated rings. The molecule has 1 N–H and O–H groups in total. The third-order valence-electron chi connectivity index (χ3n) is 5.74. The van der Waals surface area contributed by atoms with Crippen LogP contribution in [-0.2, 0) is 9.53 Å². The smallest absolute Gasteiger partial charge is 0.223 e. The maximum atomic E-state index is 12.7. The first-order valence-electron chi connectivity index (χ1n) is 10.6.